The van der Waals surface area contributed by atoms with Gasteiger partial charge in [-0.3, -0.25) is 15.1 Å². The smallest absolute Gasteiger partial charge is 0.258 e. The summed E-state index contributed by atoms with van der Waals surface area (Å²) in [4.78, 5) is 14.7. The number of hydrogen-bond donors (Lipinski definition) is 0. The second-order valence-corrected chi connectivity index (χ2v) is 4.45. The van der Waals surface area contributed by atoms with Gasteiger partial charge in [-0.1, -0.05) is 13.8 Å². The van der Waals surface area contributed by atoms with E-state index >= 15 is 0 Å². The molecule has 5 heteroatoms. The van der Waals surface area contributed by atoms with Gasteiger partial charge in [-0.2, -0.15) is 0 Å². The van der Waals surface area contributed by atoms with Gasteiger partial charge in [0.05, 0.1) is 4.92 Å². The summed E-state index contributed by atoms with van der Waals surface area (Å²) in [6.45, 7) is 5.60. The molecule has 1 heterocycles. The van der Waals surface area contributed by atoms with E-state index in [4.69, 9.17) is 11.6 Å². The third kappa shape index (κ3) is 2.70. The lowest BCUT2D eigenvalue weighted by Gasteiger charge is -2.15. The lowest BCUT2D eigenvalue weighted by molar-refractivity contribution is -0.386. The largest absolute Gasteiger partial charge is 0.291 e. The molecule has 4 nitrogen and oxygen atoms in total. The Bertz CT molecular complexity index is 396. The van der Waals surface area contributed by atoms with Gasteiger partial charge in [-0.25, -0.2) is 0 Å². The molecule has 0 aliphatic rings. The van der Waals surface area contributed by atoms with Crippen LogP contribution >= 0.6 is 11.6 Å². The monoisotopic (exact) mass is 242 g/mol. The summed E-state index contributed by atoms with van der Waals surface area (Å²) in [7, 11) is 0. The zero-order valence-corrected chi connectivity index (χ0v) is 10.4. The van der Waals surface area contributed by atoms with Gasteiger partial charge in [0.25, 0.3) is 5.69 Å². The number of hydrogen-bond acceptors (Lipinski definition) is 3. The van der Waals surface area contributed by atoms with Crippen molar-refractivity contribution in [3.8, 4) is 0 Å². The van der Waals surface area contributed by atoms with E-state index in [1.165, 1.54) is 6.07 Å². The zero-order chi connectivity index (χ0) is 12.3. The number of pyridine rings is 1. The number of alkyl halides is 1. The molecule has 0 fully saturated rings. The Morgan fingerprint density at radius 2 is 2.25 bits per heavy atom. The van der Waals surface area contributed by atoms with Crippen LogP contribution in [0.2, 0.25) is 0 Å². The van der Waals surface area contributed by atoms with Gasteiger partial charge >= 0.3 is 0 Å². The molecule has 1 aromatic heterocycles. The molecule has 0 N–H and O–H groups in total. The first kappa shape index (κ1) is 12.9. The molecular formula is C11H15ClN2O2. The quantitative estimate of drug-likeness (QED) is 0.462. The highest BCUT2D eigenvalue weighted by molar-refractivity contribution is 6.21. The van der Waals surface area contributed by atoms with Crippen molar-refractivity contribution in [2.24, 2.45) is 0 Å². The van der Waals surface area contributed by atoms with Gasteiger partial charge in [0.2, 0.25) is 0 Å². The van der Waals surface area contributed by atoms with E-state index < -0.39 is 4.92 Å². The second kappa shape index (κ2) is 5.25. The van der Waals surface area contributed by atoms with Crippen LogP contribution in [0.15, 0.2) is 12.3 Å². The normalized spacial score (nSPS) is 14.5. The molecule has 0 spiro atoms. The van der Waals surface area contributed by atoms with Gasteiger partial charge in [0.1, 0.15) is 5.69 Å². The molecule has 1 rings (SSSR count). The Morgan fingerprint density at radius 3 is 2.75 bits per heavy atom. The van der Waals surface area contributed by atoms with E-state index in [0.29, 0.717) is 5.69 Å². The minimum Gasteiger partial charge on any atom is -0.258 e. The van der Waals surface area contributed by atoms with Gasteiger partial charge < -0.3 is 0 Å². The van der Waals surface area contributed by atoms with Crippen LogP contribution in [-0.2, 0) is 0 Å². The van der Waals surface area contributed by atoms with Gasteiger partial charge in [0, 0.05) is 23.6 Å². The molecule has 0 aromatic carbocycles. The molecular weight excluding hydrogens is 228 g/mol. The molecule has 2 atom stereocenters. The Hall–Kier alpha value is -1.16. The van der Waals surface area contributed by atoms with Gasteiger partial charge in [-0.05, 0) is 18.9 Å². The molecule has 0 saturated heterocycles. The number of aryl methyl sites for hydroxylation is 1. The number of aromatic nitrogens is 1. The Morgan fingerprint density at radius 1 is 1.62 bits per heavy atom. The molecule has 0 amide bonds. The fourth-order valence-corrected chi connectivity index (χ4v) is 1.71. The lowest BCUT2D eigenvalue weighted by Crippen LogP contribution is -2.12. The van der Waals surface area contributed by atoms with Crippen LogP contribution in [0.3, 0.4) is 0 Å². The van der Waals surface area contributed by atoms with E-state index in [-0.39, 0.29) is 17.0 Å². The number of nitro groups is 1. The van der Waals surface area contributed by atoms with Crippen LogP contribution in [0.25, 0.3) is 0 Å². The van der Waals surface area contributed by atoms with Crippen molar-refractivity contribution in [3.63, 3.8) is 0 Å². The second-order valence-electron chi connectivity index (χ2n) is 3.89. The van der Waals surface area contributed by atoms with E-state index in [1.54, 1.807) is 13.1 Å². The summed E-state index contributed by atoms with van der Waals surface area (Å²) in [6.07, 6.45) is 2.40. The average molecular weight is 243 g/mol. The number of rotatable bonds is 4. The Balaban J connectivity index is 3.17. The van der Waals surface area contributed by atoms with Crippen LogP contribution in [-0.4, -0.2) is 15.3 Å². The molecule has 88 valence electrons. The predicted molar refractivity (Wildman–Crippen MR) is 64.0 cm³/mol. The summed E-state index contributed by atoms with van der Waals surface area (Å²) in [5.41, 5.74) is 1.31. The molecule has 16 heavy (non-hydrogen) atoms. The van der Waals surface area contributed by atoms with E-state index in [1.807, 2.05) is 13.8 Å². The Labute approximate surface area is 99.8 Å². The summed E-state index contributed by atoms with van der Waals surface area (Å²) in [5.74, 6) is -0.118. The summed E-state index contributed by atoms with van der Waals surface area (Å²) < 4.78 is 0. The SMILES string of the molecule is CCC(Cl)C(C)c1ncc(C)cc1[N+](=O)[O-]. The van der Waals surface area contributed by atoms with Crippen molar-refractivity contribution in [1.82, 2.24) is 4.98 Å². The van der Waals surface area contributed by atoms with E-state index in [0.717, 1.165) is 12.0 Å². The highest BCUT2D eigenvalue weighted by Gasteiger charge is 2.25. The summed E-state index contributed by atoms with van der Waals surface area (Å²) in [6, 6.07) is 1.54. The minimum atomic E-state index is -0.398. The standard InChI is InChI=1S/C11H15ClN2O2/c1-4-9(12)8(3)11-10(14(15)16)5-7(2)6-13-11/h5-6,8-9H,4H2,1-3H3. The molecule has 0 aliphatic heterocycles. The van der Waals surface area contributed by atoms with Crippen LogP contribution in [0.5, 0.6) is 0 Å². The maximum Gasteiger partial charge on any atom is 0.291 e. The van der Waals surface area contributed by atoms with Crippen LogP contribution in [0, 0.1) is 17.0 Å². The van der Waals surface area contributed by atoms with Crippen LogP contribution in [0.4, 0.5) is 5.69 Å². The van der Waals surface area contributed by atoms with Crippen molar-refractivity contribution in [1.29, 1.82) is 0 Å². The first-order valence-corrected chi connectivity index (χ1v) is 5.66. The van der Waals surface area contributed by atoms with Crippen molar-refractivity contribution in [2.75, 3.05) is 0 Å². The molecule has 2 unspecified atom stereocenters. The third-order valence-electron chi connectivity index (χ3n) is 2.59. The summed E-state index contributed by atoms with van der Waals surface area (Å²) in [5, 5.41) is 10.8. The maximum absolute atomic E-state index is 10.9. The van der Waals surface area contributed by atoms with E-state index in [9.17, 15) is 10.1 Å². The molecule has 0 saturated carbocycles. The Kier molecular flexibility index (Phi) is 4.24. The first-order chi connectivity index (χ1) is 7.47. The third-order valence-corrected chi connectivity index (χ3v) is 3.28. The summed E-state index contributed by atoms with van der Waals surface area (Å²) >= 11 is 6.10. The average Bonchev–Trinajstić information content (AvgIpc) is 2.26. The van der Waals surface area contributed by atoms with Crippen molar-refractivity contribution in [2.45, 2.75) is 38.5 Å². The number of nitrogens with zero attached hydrogens (tertiary/aromatic N) is 2. The molecule has 1 aromatic rings. The van der Waals surface area contributed by atoms with Crippen molar-refractivity contribution >= 4 is 17.3 Å². The van der Waals surface area contributed by atoms with Gasteiger partial charge in [0.15, 0.2) is 0 Å². The highest BCUT2D eigenvalue weighted by Crippen LogP contribution is 2.30. The van der Waals surface area contributed by atoms with Crippen molar-refractivity contribution < 1.29 is 4.92 Å². The first-order valence-electron chi connectivity index (χ1n) is 5.22. The van der Waals surface area contributed by atoms with Crippen LogP contribution in [0.1, 0.15) is 37.4 Å². The van der Waals surface area contributed by atoms with Crippen LogP contribution < -0.4 is 0 Å². The predicted octanol–water partition coefficient (Wildman–Crippen LogP) is 3.42. The topological polar surface area (TPSA) is 56.0 Å². The molecule has 0 radical (unpaired) electrons. The van der Waals surface area contributed by atoms with Crippen molar-refractivity contribution in [3.05, 3.63) is 33.6 Å². The fraction of sp³-hybridized carbons (Fsp3) is 0.545. The van der Waals surface area contributed by atoms with Gasteiger partial charge in [-0.15, -0.1) is 11.6 Å². The highest BCUT2D eigenvalue weighted by atomic mass is 35.5. The molecule has 0 aliphatic carbocycles. The zero-order valence-electron chi connectivity index (χ0n) is 9.61. The van der Waals surface area contributed by atoms with E-state index in [2.05, 4.69) is 4.98 Å². The minimum absolute atomic E-state index is 0.0617. The molecule has 0 bridgehead atoms. The lowest BCUT2D eigenvalue weighted by atomic mass is 9.99. The fourth-order valence-electron chi connectivity index (χ4n) is 1.59. The maximum atomic E-state index is 10.9. The number of halogens is 1.